The summed E-state index contributed by atoms with van der Waals surface area (Å²) in [5, 5.41) is 3.40. The molecule has 2 heterocycles. The topological polar surface area (TPSA) is 18.5 Å². The monoisotopic (exact) mass is 363 g/mol. The van der Waals surface area contributed by atoms with E-state index in [1.54, 1.807) is 12.1 Å². The van der Waals surface area contributed by atoms with Crippen LogP contribution in [-0.2, 0) is 6.18 Å². The van der Waals surface area contributed by atoms with Crippen LogP contribution in [0.15, 0.2) is 24.3 Å². The Bertz CT molecular complexity index is 507. The molecule has 24 heavy (non-hydrogen) atoms. The predicted octanol–water partition coefficient (Wildman–Crippen LogP) is 3.17. The zero-order valence-electron chi connectivity index (χ0n) is 13.9. The van der Waals surface area contributed by atoms with Crippen LogP contribution in [0.1, 0.15) is 30.5 Å². The van der Waals surface area contributed by atoms with Crippen molar-refractivity contribution in [3.05, 3.63) is 35.4 Å². The zero-order valence-corrected chi connectivity index (χ0v) is 14.7. The highest BCUT2D eigenvalue weighted by Gasteiger charge is 2.31. The molecule has 3 rings (SSSR count). The van der Waals surface area contributed by atoms with Crippen molar-refractivity contribution in [2.24, 2.45) is 0 Å². The van der Waals surface area contributed by atoms with Crippen molar-refractivity contribution in [2.45, 2.75) is 31.6 Å². The summed E-state index contributed by atoms with van der Waals surface area (Å²) in [7, 11) is 0. The van der Waals surface area contributed by atoms with Gasteiger partial charge in [0, 0.05) is 44.8 Å². The maximum Gasteiger partial charge on any atom is 0.416 e. The van der Waals surface area contributed by atoms with Crippen molar-refractivity contribution in [3.63, 3.8) is 0 Å². The lowest BCUT2D eigenvalue weighted by Crippen LogP contribution is -2.51. The normalized spacial score (nSPS) is 24.6. The van der Waals surface area contributed by atoms with Gasteiger partial charge in [0.05, 0.1) is 5.56 Å². The molecule has 0 radical (unpaired) electrons. The van der Waals surface area contributed by atoms with Gasteiger partial charge in [0.1, 0.15) is 0 Å². The minimum absolute atomic E-state index is 0. The molecule has 2 unspecified atom stereocenters. The van der Waals surface area contributed by atoms with Crippen molar-refractivity contribution in [2.75, 3.05) is 39.3 Å². The van der Waals surface area contributed by atoms with Crippen molar-refractivity contribution in [1.29, 1.82) is 0 Å². The van der Waals surface area contributed by atoms with Gasteiger partial charge in [0.25, 0.3) is 0 Å². The third kappa shape index (κ3) is 4.42. The summed E-state index contributed by atoms with van der Waals surface area (Å²) >= 11 is 0. The Hall–Kier alpha value is -0.820. The third-order valence-electron chi connectivity index (χ3n) is 5.17. The van der Waals surface area contributed by atoms with E-state index in [9.17, 15) is 13.2 Å². The fourth-order valence-electron chi connectivity index (χ4n) is 3.60. The van der Waals surface area contributed by atoms with Gasteiger partial charge in [-0.15, -0.1) is 12.4 Å². The van der Waals surface area contributed by atoms with Crippen LogP contribution in [0.4, 0.5) is 13.2 Å². The van der Waals surface area contributed by atoms with E-state index in [1.807, 2.05) is 0 Å². The quantitative estimate of drug-likeness (QED) is 0.890. The van der Waals surface area contributed by atoms with E-state index in [2.05, 4.69) is 22.0 Å². The molecular formula is C17H25ClF3N3. The second-order valence-electron chi connectivity index (χ2n) is 6.51. The van der Waals surface area contributed by atoms with Crippen LogP contribution in [0, 0.1) is 0 Å². The fourth-order valence-corrected chi connectivity index (χ4v) is 3.60. The summed E-state index contributed by atoms with van der Waals surface area (Å²) in [5.74, 6) is 0. The van der Waals surface area contributed by atoms with Gasteiger partial charge in [-0.25, -0.2) is 0 Å². The SMILES string of the molecule is CC(c1ccc(C(F)(F)F)cc1)N1CCN(C2CCNC2)CC1.Cl. The number of nitrogens with zero attached hydrogens (tertiary/aromatic N) is 2. The number of benzene rings is 1. The maximum absolute atomic E-state index is 12.6. The molecule has 0 saturated carbocycles. The van der Waals surface area contributed by atoms with Gasteiger partial charge in [0.2, 0.25) is 0 Å². The molecule has 1 N–H and O–H groups in total. The Morgan fingerprint density at radius 2 is 1.71 bits per heavy atom. The average Bonchev–Trinajstić information content (AvgIpc) is 3.08. The molecule has 2 saturated heterocycles. The molecule has 2 aliphatic rings. The van der Waals surface area contributed by atoms with E-state index in [0.717, 1.165) is 44.8 Å². The minimum Gasteiger partial charge on any atom is -0.315 e. The van der Waals surface area contributed by atoms with E-state index < -0.39 is 11.7 Å². The standard InChI is InChI=1S/C17H24F3N3.ClH/c1-13(14-2-4-15(5-3-14)17(18,19)20)22-8-10-23(11-9-22)16-6-7-21-12-16;/h2-5,13,16,21H,6-12H2,1H3;1H. The van der Waals surface area contributed by atoms with E-state index in [4.69, 9.17) is 0 Å². The Morgan fingerprint density at radius 1 is 1.08 bits per heavy atom. The van der Waals surface area contributed by atoms with Crippen molar-refractivity contribution in [1.82, 2.24) is 15.1 Å². The average molecular weight is 364 g/mol. The molecular weight excluding hydrogens is 339 g/mol. The minimum atomic E-state index is -4.26. The number of hydrogen-bond donors (Lipinski definition) is 1. The molecule has 0 bridgehead atoms. The number of nitrogens with one attached hydrogen (secondary N) is 1. The highest BCUT2D eigenvalue weighted by molar-refractivity contribution is 5.85. The summed E-state index contributed by atoms with van der Waals surface area (Å²) in [6.07, 6.45) is -3.04. The van der Waals surface area contributed by atoms with Crippen LogP contribution in [0.5, 0.6) is 0 Å². The lowest BCUT2D eigenvalue weighted by Gasteiger charge is -2.40. The van der Waals surface area contributed by atoms with E-state index in [0.29, 0.717) is 6.04 Å². The molecule has 1 aromatic carbocycles. The predicted molar refractivity (Wildman–Crippen MR) is 91.5 cm³/mol. The Kier molecular flexibility index (Phi) is 6.53. The molecule has 2 atom stereocenters. The van der Waals surface area contributed by atoms with E-state index in [1.165, 1.54) is 18.6 Å². The number of halogens is 4. The Labute approximate surface area is 147 Å². The molecule has 0 spiro atoms. The summed E-state index contributed by atoms with van der Waals surface area (Å²) in [6, 6.07) is 6.40. The number of alkyl halides is 3. The second kappa shape index (κ2) is 8.04. The van der Waals surface area contributed by atoms with Crippen molar-refractivity contribution < 1.29 is 13.2 Å². The molecule has 0 aromatic heterocycles. The lowest BCUT2D eigenvalue weighted by atomic mass is 10.0. The highest BCUT2D eigenvalue weighted by Crippen LogP contribution is 2.31. The smallest absolute Gasteiger partial charge is 0.315 e. The van der Waals surface area contributed by atoms with Crippen LogP contribution < -0.4 is 5.32 Å². The molecule has 136 valence electrons. The van der Waals surface area contributed by atoms with Gasteiger partial charge in [-0.2, -0.15) is 13.2 Å². The summed E-state index contributed by atoms with van der Waals surface area (Å²) < 4.78 is 37.9. The number of piperazine rings is 1. The van der Waals surface area contributed by atoms with Gasteiger partial charge in [-0.05, 0) is 37.6 Å². The van der Waals surface area contributed by atoms with Crippen LogP contribution in [0.2, 0.25) is 0 Å². The largest absolute Gasteiger partial charge is 0.416 e. The van der Waals surface area contributed by atoms with Crippen molar-refractivity contribution in [3.8, 4) is 0 Å². The molecule has 3 nitrogen and oxygen atoms in total. The van der Waals surface area contributed by atoms with Crippen LogP contribution in [0.25, 0.3) is 0 Å². The zero-order chi connectivity index (χ0) is 16.4. The first-order valence-electron chi connectivity index (χ1n) is 8.31. The Morgan fingerprint density at radius 3 is 2.21 bits per heavy atom. The number of rotatable bonds is 3. The molecule has 7 heteroatoms. The van der Waals surface area contributed by atoms with Crippen LogP contribution in [-0.4, -0.2) is 55.1 Å². The molecule has 1 aromatic rings. The van der Waals surface area contributed by atoms with Crippen LogP contribution >= 0.6 is 12.4 Å². The lowest BCUT2D eigenvalue weighted by molar-refractivity contribution is -0.137. The summed E-state index contributed by atoms with van der Waals surface area (Å²) in [4.78, 5) is 4.90. The first-order chi connectivity index (χ1) is 10.9. The maximum atomic E-state index is 12.6. The Balaban J connectivity index is 0.00000208. The van der Waals surface area contributed by atoms with Gasteiger partial charge in [-0.3, -0.25) is 9.80 Å². The van der Waals surface area contributed by atoms with Gasteiger partial charge < -0.3 is 5.32 Å². The highest BCUT2D eigenvalue weighted by atomic mass is 35.5. The van der Waals surface area contributed by atoms with Gasteiger partial charge >= 0.3 is 6.18 Å². The van der Waals surface area contributed by atoms with Crippen LogP contribution in [0.3, 0.4) is 0 Å². The van der Waals surface area contributed by atoms with Crippen molar-refractivity contribution >= 4 is 12.4 Å². The summed E-state index contributed by atoms with van der Waals surface area (Å²) in [5.41, 5.74) is 0.376. The van der Waals surface area contributed by atoms with E-state index >= 15 is 0 Å². The first kappa shape index (κ1) is 19.5. The first-order valence-corrected chi connectivity index (χ1v) is 8.31. The third-order valence-corrected chi connectivity index (χ3v) is 5.17. The molecule has 2 aliphatic heterocycles. The van der Waals surface area contributed by atoms with Gasteiger partial charge in [-0.1, -0.05) is 12.1 Å². The fraction of sp³-hybridized carbons (Fsp3) is 0.647. The molecule has 0 amide bonds. The number of hydrogen-bond acceptors (Lipinski definition) is 3. The molecule has 0 aliphatic carbocycles. The second-order valence-corrected chi connectivity index (χ2v) is 6.51. The van der Waals surface area contributed by atoms with E-state index in [-0.39, 0.29) is 18.4 Å². The van der Waals surface area contributed by atoms with Gasteiger partial charge in [0.15, 0.2) is 0 Å². The molecule has 2 fully saturated rings. The summed E-state index contributed by atoms with van der Waals surface area (Å²) in [6.45, 7) is 8.28.